The third-order valence-electron chi connectivity index (χ3n) is 2.94. The number of aromatic nitrogens is 2. The smallest absolute Gasteiger partial charge is 0.237 e. The number of carbonyl (C=O) groups is 3. The van der Waals surface area contributed by atoms with Crippen LogP contribution in [0, 0.1) is 0 Å². The maximum atomic E-state index is 12.4. The molecule has 2 amide bonds. The molecule has 0 unspecified atom stereocenters. The number of Topliss-reactive ketones (excluding diaryl/α,β-unsaturated/α-hetero) is 1. The molecule has 1 aromatic heterocycles. The van der Waals surface area contributed by atoms with Gasteiger partial charge in [-0.3, -0.25) is 14.4 Å². The maximum absolute atomic E-state index is 12.4. The van der Waals surface area contributed by atoms with Gasteiger partial charge in [-0.15, -0.1) is 10.2 Å². The van der Waals surface area contributed by atoms with Crippen LogP contribution in [0.15, 0.2) is 32.9 Å². The van der Waals surface area contributed by atoms with Gasteiger partial charge in [-0.25, -0.2) is 0 Å². The zero-order chi connectivity index (χ0) is 18.4. The number of amides is 2. The van der Waals surface area contributed by atoms with Crippen molar-refractivity contribution < 1.29 is 14.4 Å². The van der Waals surface area contributed by atoms with Crippen LogP contribution < -0.4 is 11.1 Å². The molecule has 25 heavy (non-hydrogen) atoms. The van der Waals surface area contributed by atoms with Gasteiger partial charge in [0.15, 0.2) is 14.5 Å². The van der Waals surface area contributed by atoms with Crippen molar-refractivity contribution in [2.24, 2.45) is 5.73 Å². The highest BCUT2D eigenvalue weighted by Gasteiger charge is 2.19. The van der Waals surface area contributed by atoms with Crippen molar-refractivity contribution in [1.29, 1.82) is 0 Å². The van der Waals surface area contributed by atoms with E-state index in [0.717, 1.165) is 0 Å². The highest BCUT2D eigenvalue weighted by atomic mass is 32.2. The van der Waals surface area contributed by atoms with Crippen molar-refractivity contribution in [2.45, 2.75) is 27.8 Å². The largest absolute Gasteiger partial charge is 0.369 e. The number of hydrogen-bond acceptors (Lipinski definition) is 8. The zero-order valence-electron chi connectivity index (χ0n) is 13.5. The molecule has 0 aliphatic heterocycles. The van der Waals surface area contributed by atoms with Crippen molar-refractivity contribution in [2.75, 3.05) is 11.1 Å². The van der Waals surface area contributed by atoms with Gasteiger partial charge in [0.25, 0.3) is 0 Å². The molecule has 10 heteroatoms. The first-order valence-corrected chi connectivity index (χ1v) is 9.87. The normalized spacial score (nSPS) is 11.8. The molecule has 1 aromatic carbocycles. The van der Waals surface area contributed by atoms with Gasteiger partial charge in [0.05, 0.1) is 16.7 Å². The molecule has 3 N–H and O–H groups in total. The van der Waals surface area contributed by atoms with Gasteiger partial charge in [0, 0.05) is 5.56 Å². The molecule has 2 aromatic rings. The zero-order valence-corrected chi connectivity index (χ0v) is 16.0. The highest BCUT2D eigenvalue weighted by Crippen LogP contribution is 2.31. The van der Waals surface area contributed by atoms with Crippen LogP contribution in [0.1, 0.15) is 24.2 Å². The number of thioether (sulfide) groups is 2. The number of para-hydroxylation sites is 1. The Hall–Kier alpha value is -1.91. The maximum Gasteiger partial charge on any atom is 0.237 e. The molecule has 2 rings (SSSR count). The fourth-order valence-electron chi connectivity index (χ4n) is 1.77. The third kappa shape index (κ3) is 5.83. The van der Waals surface area contributed by atoms with E-state index in [1.807, 2.05) is 0 Å². The highest BCUT2D eigenvalue weighted by molar-refractivity contribution is 8.04. The summed E-state index contributed by atoms with van der Waals surface area (Å²) in [6, 6.07) is 6.86. The first-order valence-electron chi connectivity index (χ1n) is 7.19. The van der Waals surface area contributed by atoms with Crippen LogP contribution in [0.2, 0.25) is 0 Å². The number of anilines is 1. The Morgan fingerprint density at radius 3 is 2.60 bits per heavy atom. The molecule has 0 fully saturated rings. The van der Waals surface area contributed by atoms with Crippen molar-refractivity contribution in [3.63, 3.8) is 0 Å². The topological polar surface area (TPSA) is 115 Å². The monoisotopic (exact) mass is 396 g/mol. The van der Waals surface area contributed by atoms with E-state index in [9.17, 15) is 14.4 Å². The van der Waals surface area contributed by atoms with Gasteiger partial charge in [0.2, 0.25) is 11.8 Å². The molecule has 132 valence electrons. The number of benzene rings is 1. The summed E-state index contributed by atoms with van der Waals surface area (Å²) in [4.78, 5) is 34.7. The second kappa shape index (κ2) is 8.97. The second-order valence-corrected chi connectivity index (χ2v) is 8.73. The van der Waals surface area contributed by atoms with E-state index in [1.165, 1.54) is 41.8 Å². The van der Waals surface area contributed by atoms with E-state index in [0.29, 0.717) is 19.9 Å². The van der Waals surface area contributed by atoms with Gasteiger partial charge in [-0.1, -0.05) is 47.0 Å². The SMILES string of the molecule is CC(=O)c1ccccc1NC(=O)[C@H](C)Sc1nnc(SCC(N)=O)s1. The van der Waals surface area contributed by atoms with Crippen molar-refractivity contribution in [3.8, 4) is 0 Å². The second-order valence-electron chi connectivity index (χ2n) is 4.94. The first kappa shape index (κ1) is 19.4. The minimum atomic E-state index is -0.429. The molecular formula is C15H16N4O3S3. The molecule has 0 bridgehead atoms. The van der Waals surface area contributed by atoms with E-state index in [2.05, 4.69) is 15.5 Å². The molecule has 0 aliphatic carbocycles. The fourth-order valence-corrected chi connectivity index (χ4v) is 4.68. The van der Waals surface area contributed by atoms with Crippen molar-refractivity contribution >= 4 is 58.1 Å². The average Bonchev–Trinajstić information content (AvgIpc) is 3.00. The van der Waals surface area contributed by atoms with E-state index in [4.69, 9.17) is 5.73 Å². The molecular weight excluding hydrogens is 380 g/mol. The molecule has 0 aliphatic rings. The Balaban J connectivity index is 1.97. The quantitative estimate of drug-likeness (QED) is 0.520. The minimum Gasteiger partial charge on any atom is -0.369 e. The first-order chi connectivity index (χ1) is 11.9. The summed E-state index contributed by atoms with van der Waals surface area (Å²) < 4.78 is 1.24. The summed E-state index contributed by atoms with van der Waals surface area (Å²) >= 11 is 3.77. The lowest BCUT2D eigenvalue weighted by Crippen LogP contribution is -2.23. The number of nitrogens with two attached hydrogens (primary N) is 1. The van der Waals surface area contributed by atoms with Crippen LogP contribution in [-0.2, 0) is 9.59 Å². The number of rotatable bonds is 8. The van der Waals surface area contributed by atoms with Crippen LogP contribution in [-0.4, -0.2) is 38.8 Å². The summed E-state index contributed by atoms with van der Waals surface area (Å²) in [6.07, 6.45) is 0. The minimum absolute atomic E-state index is 0.114. The predicted octanol–water partition coefficient (Wildman–Crippen LogP) is 2.44. The standard InChI is InChI=1S/C15H16N4O3S3/c1-8(20)10-5-3-4-6-11(10)17-13(22)9(2)24-15-19-18-14(25-15)23-7-12(16)21/h3-6,9H,7H2,1-2H3,(H2,16,21)(H,17,22)/t9-/m0/s1. The number of primary amides is 1. The van der Waals surface area contributed by atoms with Gasteiger partial charge in [-0.05, 0) is 26.0 Å². The lowest BCUT2D eigenvalue weighted by Gasteiger charge is -2.12. The van der Waals surface area contributed by atoms with Crippen LogP contribution in [0.3, 0.4) is 0 Å². The Bertz CT molecular complexity index is 794. The lowest BCUT2D eigenvalue weighted by atomic mass is 10.1. The average molecular weight is 397 g/mol. The Labute approximate surface area is 157 Å². The number of nitrogens with one attached hydrogen (secondary N) is 1. The molecule has 0 saturated heterocycles. The fraction of sp³-hybridized carbons (Fsp3) is 0.267. The summed E-state index contributed by atoms with van der Waals surface area (Å²) in [5.74, 6) is -0.639. The molecule has 1 atom stereocenters. The lowest BCUT2D eigenvalue weighted by molar-refractivity contribution is -0.116. The molecule has 7 nitrogen and oxygen atoms in total. The van der Waals surface area contributed by atoms with Crippen LogP contribution in [0.25, 0.3) is 0 Å². The summed E-state index contributed by atoms with van der Waals surface area (Å²) in [5.41, 5.74) is 6.04. The van der Waals surface area contributed by atoms with Crippen LogP contribution in [0.5, 0.6) is 0 Å². The van der Waals surface area contributed by atoms with Gasteiger partial charge in [-0.2, -0.15) is 0 Å². The molecule has 0 saturated carbocycles. The summed E-state index contributed by atoms with van der Waals surface area (Å²) in [5, 5.41) is 10.3. The Morgan fingerprint density at radius 2 is 1.92 bits per heavy atom. The number of nitrogens with zero attached hydrogens (tertiary/aromatic N) is 2. The van der Waals surface area contributed by atoms with Gasteiger partial charge in [0.1, 0.15) is 0 Å². The molecule has 1 heterocycles. The van der Waals surface area contributed by atoms with Gasteiger partial charge >= 0.3 is 0 Å². The molecule has 0 spiro atoms. The number of hydrogen-bond donors (Lipinski definition) is 2. The summed E-state index contributed by atoms with van der Waals surface area (Å²) in [6.45, 7) is 3.20. The number of ketones is 1. The summed E-state index contributed by atoms with van der Waals surface area (Å²) in [7, 11) is 0. The van der Waals surface area contributed by atoms with Crippen molar-refractivity contribution in [1.82, 2.24) is 10.2 Å². The van der Waals surface area contributed by atoms with Crippen molar-refractivity contribution in [3.05, 3.63) is 29.8 Å². The predicted molar refractivity (Wildman–Crippen MR) is 100 cm³/mol. The van der Waals surface area contributed by atoms with Gasteiger partial charge < -0.3 is 11.1 Å². The third-order valence-corrected chi connectivity index (χ3v) is 6.20. The van der Waals surface area contributed by atoms with E-state index >= 15 is 0 Å². The van der Waals surface area contributed by atoms with E-state index < -0.39 is 11.2 Å². The number of carbonyl (C=O) groups excluding carboxylic acids is 3. The van der Waals surface area contributed by atoms with Crippen LogP contribution in [0.4, 0.5) is 5.69 Å². The van der Waals surface area contributed by atoms with E-state index in [-0.39, 0.29) is 17.4 Å². The molecule has 0 radical (unpaired) electrons. The van der Waals surface area contributed by atoms with E-state index in [1.54, 1.807) is 31.2 Å². The Morgan fingerprint density at radius 1 is 1.24 bits per heavy atom. The Kier molecular flexibility index (Phi) is 6.97. The van der Waals surface area contributed by atoms with Crippen LogP contribution >= 0.6 is 34.9 Å².